The summed E-state index contributed by atoms with van der Waals surface area (Å²) in [6, 6.07) is 8.24. The lowest BCUT2D eigenvalue weighted by Crippen LogP contribution is -2.05. The molecule has 110 valence electrons. The first kappa shape index (κ1) is 14.1. The molecule has 0 aliphatic rings. The molecule has 0 aliphatic heterocycles. The molecular formula is C16H19N3OS. The molecule has 4 nitrogen and oxygen atoms in total. The Morgan fingerprint density at radius 2 is 2.05 bits per heavy atom. The van der Waals surface area contributed by atoms with Crippen molar-refractivity contribution in [1.29, 1.82) is 0 Å². The number of thiazole rings is 1. The molecule has 2 heterocycles. The summed E-state index contributed by atoms with van der Waals surface area (Å²) in [4.78, 5) is 6.78. The second-order valence-electron chi connectivity index (χ2n) is 4.87. The summed E-state index contributed by atoms with van der Waals surface area (Å²) >= 11 is 1.71. The maximum Gasteiger partial charge on any atom is 0.194 e. The van der Waals surface area contributed by atoms with Gasteiger partial charge in [-0.05, 0) is 50.2 Å². The number of ether oxygens (including phenoxy) is 1. The standard InChI is InChI=1S/C16H19N3OS/c1-3-20-14-6-4-12(5-7-14)15-11(2)21-16-18-10-13(8-9-17)19(15)16/h4-7,10H,3,8-9,17H2,1-2H3. The number of aryl methyl sites for hydroxylation is 1. The van der Waals surface area contributed by atoms with Gasteiger partial charge in [-0.2, -0.15) is 0 Å². The van der Waals surface area contributed by atoms with Gasteiger partial charge in [-0.1, -0.05) is 0 Å². The zero-order valence-electron chi connectivity index (χ0n) is 12.3. The quantitative estimate of drug-likeness (QED) is 0.787. The monoisotopic (exact) mass is 301 g/mol. The van der Waals surface area contributed by atoms with E-state index in [0.29, 0.717) is 13.2 Å². The molecule has 0 fully saturated rings. The van der Waals surface area contributed by atoms with E-state index in [1.807, 2.05) is 25.3 Å². The molecule has 0 saturated heterocycles. The van der Waals surface area contributed by atoms with Crippen molar-refractivity contribution in [3.63, 3.8) is 0 Å². The van der Waals surface area contributed by atoms with Gasteiger partial charge in [0.05, 0.1) is 18.5 Å². The van der Waals surface area contributed by atoms with Crippen LogP contribution in [0.5, 0.6) is 5.75 Å². The molecule has 21 heavy (non-hydrogen) atoms. The van der Waals surface area contributed by atoms with E-state index in [0.717, 1.165) is 17.1 Å². The highest BCUT2D eigenvalue weighted by atomic mass is 32.1. The number of aromatic nitrogens is 2. The van der Waals surface area contributed by atoms with Crippen molar-refractivity contribution in [3.05, 3.63) is 41.0 Å². The number of benzene rings is 1. The van der Waals surface area contributed by atoms with Gasteiger partial charge in [0, 0.05) is 17.0 Å². The average molecular weight is 301 g/mol. The molecule has 0 bridgehead atoms. The molecular weight excluding hydrogens is 282 g/mol. The summed E-state index contributed by atoms with van der Waals surface area (Å²) < 4.78 is 7.73. The van der Waals surface area contributed by atoms with Crippen LogP contribution < -0.4 is 10.5 Å². The smallest absolute Gasteiger partial charge is 0.194 e. The number of hydrogen-bond acceptors (Lipinski definition) is 4. The largest absolute Gasteiger partial charge is 0.494 e. The van der Waals surface area contributed by atoms with E-state index in [1.165, 1.54) is 21.8 Å². The third-order valence-corrected chi connectivity index (χ3v) is 4.41. The van der Waals surface area contributed by atoms with Crippen molar-refractivity contribution in [2.24, 2.45) is 5.73 Å². The molecule has 0 saturated carbocycles. The Morgan fingerprint density at radius 3 is 2.71 bits per heavy atom. The Balaban J connectivity index is 2.09. The molecule has 3 aromatic rings. The van der Waals surface area contributed by atoms with Crippen LogP contribution in [0.1, 0.15) is 17.5 Å². The van der Waals surface area contributed by atoms with Gasteiger partial charge in [0.1, 0.15) is 5.75 Å². The van der Waals surface area contributed by atoms with Gasteiger partial charge in [0.2, 0.25) is 0 Å². The Morgan fingerprint density at radius 1 is 1.29 bits per heavy atom. The van der Waals surface area contributed by atoms with Gasteiger partial charge in [-0.25, -0.2) is 4.98 Å². The van der Waals surface area contributed by atoms with Crippen LogP contribution in [-0.4, -0.2) is 22.5 Å². The minimum atomic E-state index is 0.630. The van der Waals surface area contributed by atoms with E-state index in [2.05, 4.69) is 28.4 Å². The van der Waals surface area contributed by atoms with Crippen LogP contribution in [-0.2, 0) is 6.42 Å². The number of fused-ring (bicyclic) bond motifs is 1. The van der Waals surface area contributed by atoms with Crippen LogP contribution in [0.25, 0.3) is 16.2 Å². The first-order valence-corrected chi connectivity index (χ1v) is 7.95. The summed E-state index contributed by atoms with van der Waals surface area (Å²) in [6.45, 7) is 5.44. The highest BCUT2D eigenvalue weighted by Crippen LogP contribution is 2.33. The van der Waals surface area contributed by atoms with Crippen LogP contribution >= 0.6 is 11.3 Å². The van der Waals surface area contributed by atoms with Gasteiger partial charge < -0.3 is 10.5 Å². The number of nitrogens with two attached hydrogens (primary N) is 1. The van der Waals surface area contributed by atoms with Crippen LogP contribution in [0, 0.1) is 6.92 Å². The Labute approximate surface area is 128 Å². The lowest BCUT2D eigenvalue weighted by Gasteiger charge is -2.07. The normalized spacial score (nSPS) is 11.2. The summed E-state index contributed by atoms with van der Waals surface area (Å²) in [5.74, 6) is 0.901. The minimum absolute atomic E-state index is 0.630. The highest BCUT2D eigenvalue weighted by Gasteiger charge is 2.15. The van der Waals surface area contributed by atoms with Crippen LogP contribution in [0.15, 0.2) is 30.5 Å². The third kappa shape index (κ3) is 2.54. The molecule has 0 spiro atoms. The minimum Gasteiger partial charge on any atom is -0.494 e. The molecule has 3 rings (SSSR count). The first-order chi connectivity index (χ1) is 10.2. The van der Waals surface area contributed by atoms with Crippen molar-refractivity contribution < 1.29 is 4.74 Å². The Hall–Kier alpha value is -1.85. The average Bonchev–Trinajstić information content (AvgIpc) is 3.00. The number of rotatable bonds is 5. The zero-order valence-corrected chi connectivity index (χ0v) is 13.1. The van der Waals surface area contributed by atoms with Crippen LogP contribution in [0.3, 0.4) is 0 Å². The highest BCUT2D eigenvalue weighted by molar-refractivity contribution is 7.17. The fourth-order valence-corrected chi connectivity index (χ4v) is 3.54. The van der Waals surface area contributed by atoms with Gasteiger partial charge in [-0.15, -0.1) is 11.3 Å². The predicted octanol–water partition coefficient (Wildman–Crippen LogP) is 3.27. The van der Waals surface area contributed by atoms with Gasteiger partial charge in [0.25, 0.3) is 0 Å². The van der Waals surface area contributed by atoms with Crippen molar-refractivity contribution in [2.75, 3.05) is 13.2 Å². The van der Waals surface area contributed by atoms with Crippen molar-refractivity contribution in [2.45, 2.75) is 20.3 Å². The van der Waals surface area contributed by atoms with Gasteiger partial charge >= 0.3 is 0 Å². The fraction of sp³-hybridized carbons (Fsp3) is 0.312. The fourth-order valence-electron chi connectivity index (χ4n) is 2.55. The zero-order chi connectivity index (χ0) is 14.8. The number of imidazole rings is 1. The second kappa shape index (κ2) is 5.87. The van der Waals surface area contributed by atoms with E-state index in [4.69, 9.17) is 10.5 Å². The molecule has 0 radical (unpaired) electrons. The van der Waals surface area contributed by atoms with Gasteiger partial charge in [-0.3, -0.25) is 4.40 Å². The molecule has 2 N–H and O–H groups in total. The number of hydrogen-bond donors (Lipinski definition) is 1. The molecule has 0 aliphatic carbocycles. The predicted molar refractivity (Wildman–Crippen MR) is 87.2 cm³/mol. The topological polar surface area (TPSA) is 52.5 Å². The number of nitrogens with zero attached hydrogens (tertiary/aromatic N) is 2. The van der Waals surface area contributed by atoms with E-state index in [-0.39, 0.29) is 0 Å². The SMILES string of the molecule is CCOc1ccc(-c2c(C)sc3ncc(CCN)n23)cc1. The molecule has 1 aromatic carbocycles. The summed E-state index contributed by atoms with van der Waals surface area (Å²) in [5.41, 5.74) is 9.26. The maximum absolute atomic E-state index is 5.71. The molecule has 0 amide bonds. The van der Waals surface area contributed by atoms with E-state index in [1.54, 1.807) is 11.3 Å². The van der Waals surface area contributed by atoms with Gasteiger partial charge in [0.15, 0.2) is 4.96 Å². The van der Waals surface area contributed by atoms with Crippen molar-refractivity contribution in [3.8, 4) is 17.0 Å². The second-order valence-corrected chi connectivity index (χ2v) is 6.05. The van der Waals surface area contributed by atoms with Crippen LogP contribution in [0.2, 0.25) is 0 Å². The molecule has 2 aromatic heterocycles. The van der Waals surface area contributed by atoms with E-state index < -0.39 is 0 Å². The third-order valence-electron chi connectivity index (χ3n) is 3.44. The molecule has 0 atom stereocenters. The Bertz CT molecular complexity index is 743. The lowest BCUT2D eigenvalue weighted by molar-refractivity contribution is 0.340. The lowest BCUT2D eigenvalue weighted by atomic mass is 10.1. The summed E-state index contributed by atoms with van der Waals surface area (Å²) in [7, 11) is 0. The summed E-state index contributed by atoms with van der Waals surface area (Å²) in [5, 5.41) is 0. The Kier molecular flexibility index (Phi) is 3.94. The van der Waals surface area contributed by atoms with Crippen LogP contribution in [0.4, 0.5) is 0 Å². The van der Waals surface area contributed by atoms with Crippen molar-refractivity contribution >= 4 is 16.3 Å². The molecule has 0 unspecified atom stereocenters. The van der Waals surface area contributed by atoms with E-state index in [9.17, 15) is 0 Å². The molecule has 5 heteroatoms. The maximum atomic E-state index is 5.71. The first-order valence-electron chi connectivity index (χ1n) is 7.13. The van der Waals surface area contributed by atoms with Crippen molar-refractivity contribution in [1.82, 2.24) is 9.38 Å². The summed E-state index contributed by atoms with van der Waals surface area (Å²) in [6.07, 6.45) is 2.76. The van der Waals surface area contributed by atoms with E-state index >= 15 is 0 Å².